The molecule has 1 amide bonds. The molecule has 100 valence electrons. The number of rotatable bonds is 2. The van der Waals surface area contributed by atoms with Gasteiger partial charge in [0.15, 0.2) is 5.69 Å². The Kier molecular flexibility index (Phi) is 4.10. The molecule has 0 radical (unpaired) electrons. The average molecular weight is 314 g/mol. The number of amides is 1. The van der Waals surface area contributed by atoms with Gasteiger partial charge < -0.3 is 5.32 Å². The summed E-state index contributed by atoms with van der Waals surface area (Å²) in [4.78, 5) is 12.2. The van der Waals surface area contributed by atoms with E-state index in [1.807, 2.05) is 14.0 Å². The van der Waals surface area contributed by atoms with Gasteiger partial charge in [0, 0.05) is 13.1 Å². The van der Waals surface area contributed by atoms with E-state index in [1.165, 1.54) is 19.3 Å². The molecule has 1 aliphatic rings. The molecule has 1 N–H and O–H groups in total. The second-order valence-corrected chi connectivity index (χ2v) is 6.01. The monoisotopic (exact) mass is 313 g/mol. The number of aromatic nitrogens is 2. The van der Waals surface area contributed by atoms with E-state index in [0.717, 1.165) is 16.6 Å². The van der Waals surface area contributed by atoms with Crippen LogP contribution in [0, 0.1) is 12.8 Å². The van der Waals surface area contributed by atoms with Crippen molar-refractivity contribution in [3.63, 3.8) is 0 Å². The molecular formula is C13H20BrN3O. The second kappa shape index (κ2) is 5.43. The van der Waals surface area contributed by atoms with E-state index < -0.39 is 0 Å². The van der Waals surface area contributed by atoms with Gasteiger partial charge in [0.2, 0.25) is 0 Å². The van der Waals surface area contributed by atoms with E-state index in [4.69, 9.17) is 0 Å². The summed E-state index contributed by atoms with van der Waals surface area (Å²) in [7, 11) is 1.85. The summed E-state index contributed by atoms with van der Waals surface area (Å²) in [5, 5.41) is 7.38. The Hall–Kier alpha value is -0.840. The van der Waals surface area contributed by atoms with Crippen molar-refractivity contribution in [3.8, 4) is 0 Å². The molecule has 1 saturated carbocycles. The third kappa shape index (κ3) is 2.60. The SMILES string of the molecule is Cc1c(Br)c(C(=O)N[C@@H]2CCCC[C@@H]2C)nn1C. The smallest absolute Gasteiger partial charge is 0.273 e. The molecular weight excluding hydrogens is 294 g/mol. The Balaban J connectivity index is 2.09. The lowest BCUT2D eigenvalue weighted by molar-refractivity contribution is 0.0903. The predicted octanol–water partition coefficient (Wildman–Crippen LogP) is 2.80. The fourth-order valence-electron chi connectivity index (χ4n) is 2.49. The van der Waals surface area contributed by atoms with E-state index in [-0.39, 0.29) is 5.91 Å². The molecule has 1 aromatic heterocycles. The minimum absolute atomic E-state index is 0.0654. The van der Waals surface area contributed by atoms with Crippen molar-refractivity contribution < 1.29 is 4.79 Å². The van der Waals surface area contributed by atoms with Crippen LogP contribution in [0.2, 0.25) is 0 Å². The van der Waals surface area contributed by atoms with E-state index in [1.54, 1.807) is 4.68 Å². The van der Waals surface area contributed by atoms with Gasteiger partial charge >= 0.3 is 0 Å². The Morgan fingerprint density at radius 2 is 2.11 bits per heavy atom. The number of nitrogens with zero attached hydrogens (tertiary/aromatic N) is 2. The molecule has 1 aliphatic carbocycles. The van der Waals surface area contributed by atoms with Crippen LogP contribution in [0.15, 0.2) is 4.47 Å². The molecule has 0 aliphatic heterocycles. The molecule has 1 heterocycles. The Morgan fingerprint density at radius 3 is 2.67 bits per heavy atom. The average Bonchev–Trinajstić information content (AvgIpc) is 2.60. The Bertz CT molecular complexity index is 455. The summed E-state index contributed by atoms with van der Waals surface area (Å²) < 4.78 is 2.52. The van der Waals surface area contributed by atoms with Crippen molar-refractivity contribution in [1.29, 1.82) is 0 Å². The maximum absolute atomic E-state index is 12.2. The van der Waals surface area contributed by atoms with E-state index in [2.05, 4.69) is 33.3 Å². The molecule has 18 heavy (non-hydrogen) atoms. The lowest BCUT2D eigenvalue weighted by Gasteiger charge is -2.29. The molecule has 0 saturated heterocycles. The minimum atomic E-state index is -0.0654. The van der Waals surface area contributed by atoms with E-state index in [0.29, 0.717) is 17.7 Å². The van der Waals surface area contributed by atoms with Gasteiger partial charge in [-0.15, -0.1) is 0 Å². The van der Waals surface area contributed by atoms with Crippen molar-refractivity contribution >= 4 is 21.8 Å². The molecule has 2 atom stereocenters. The van der Waals surface area contributed by atoms with Crippen molar-refractivity contribution in [2.24, 2.45) is 13.0 Å². The number of nitrogens with one attached hydrogen (secondary N) is 1. The summed E-state index contributed by atoms with van der Waals surface area (Å²) in [5.74, 6) is 0.496. The highest BCUT2D eigenvalue weighted by atomic mass is 79.9. The summed E-state index contributed by atoms with van der Waals surface area (Å²) in [5.41, 5.74) is 1.46. The minimum Gasteiger partial charge on any atom is -0.348 e. The number of carbonyl (C=O) groups excluding carboxylic acids is 1. The number of hydrogen-bond acceptors (Lipinski definition) is 2. The van der Waals surface area contributed by atoms with Crippen molar-refractivity contribution in [3.05, 3.63) is 15.9 Å². The van der Waals surface area contributed by atoms with Crippen LogP contribution >= 0.6 is 15.9 Å². The van der Waals surface area contributed by atoms with Gasteiger partial charge in [0.05, 0.1) is 10.2 Å². The van der Waals surface area contributed by atoms with E-state index in [9.17, 15) is 4.79 Å². The van der Waals surface area contributed by atoms with Crippen molar-refractivity contribution in [2.45, 2.75) is 45.6 Å². The van der Waals surface area contributed by atoms with Crippen LogP contribution in [0.1, 0.15) is 48.8 Å². The molecule has 0 spiro atoms. The maximum atomic E-state index is 12.2. The standard InChI is InChI=1S/C13H20BrN3O/c1-8-6-4-5-7-10(8)15-13(18)12-11(14)9(2)17(3)16-12/h8,10H,4-7H2,1-3H3,(H,15,18)/t8-,10+/m0/s1. The van der Waals surface area contributed by atoms with Crippen LogP contribution in [0.4, 0.5) is 0 Å². The highest BCUT2D eigenvalue weighted by Crippen LogP contribution is 2.25. The van der Waals surface area contributed by atoms with Crippen LogP contribution in [0.25, 0.3) is 0 Å². The van der Waals surface area contributed by atoms with Crippen LogP contribution < -0.4 is 5.32 Å². The van der Waals surface area contributed by atoms with Crippen molar-refractivity contribution in [1.82, 2.24) is 15.1 Å². The zero-order valence-electron chi connectivity index (χ0n) is 11.2. The first-order chi connectivity index (χ1) is 8.50. The van der Waals surface area contributed by atoms with Gasteiger partial charge in [-0.25, -0.2) is 0 Å². The second-order valence-electron chi connectivity index (χ2n) is 5.21. The quantitative estimate of drug-likeness (QED) is 0.912. The van der Waals surface area contributed by atoms with Crippen molar-refractivity contribution in [2.75, 3.05) is 0 Å². The first-order valence-corrected chi connectivity index (χ1v) is 7.30. The maximum Gasteiger partial charge on any atom is 0.273 e. The highest BCUT2D eigenvalue weighted by molar-refractivity contribution is 9.10. The largest absolute Gasteiger partial charge is 0.348 e. The first kappa shape index (κ1) is 13.6. The van der Waals surface area contributed by atoms with Gasteiger partial charge in [0.1, 0.15) is 0 Å². The number of halogens is 1. The van der Waals surface area contributed by atoms with Crippen LogP contribution in [0.5, 0.6) is 0 Å². The molecule has 5 heteroatoms. The fourth-order valence-corrected chi connectivity index (χ4v) is 3.01. The van der Waals surface area contributed by atoms with Crippen LogP contribution in [-0.4, -0.2) is 21.7 Å². The normalized spacial score (nSPS) is 24.0. The molecule has 0 unspecified atom stereocenters. The zero-order chi connectivity index (χ0) is 13.3. The summed E-state index contributed by atoms with van der Waals surface area (Å²) >= 11 is 3.44. The first-order valence-electron chi connectivity index (χ1n) is 6.50. The molecule has 1 fully saturated rings. The zero-order valence-corrected chi connectivity index (χ0v) is 12.7. The van der Waals surface area contributed by atoms with Gasteiger partial charge in [-0.3, -0.25) is 9.48 Å². The lowest BCUT2D eigenvalue weighted by Crippen LogP contribution is -2.41. The molecule has 0 aromatic carbocycles. The number of hydrogen-bond donors (Lipinski definition) is 1. The Labute approximate surface area is 116 Å². The molecule has 0 bridgehead atoms. The number of aryl methyl sites for hydroxylation is 1. The van der Waals surface area contributed by atoms with E-state index >= 15 is 0 Å². The summed E-state index contributed by atoms with van der Waals surface area (Å²) in [6, 6.07) is 0.292. The topological polar surface area (TPSA) is 46.9 Å². The fraction of sp³-hybridized carbons (Fsp3) is 0.692. The molecule has 1 aromatic rings. The molecule has 2 rings (SSSR count). The van der Waals surface area contributed by atoms with Gasteiger partial charge in [-0.1, -0.05) is 19.8 Å². The lowest BCUT2D eigenvalue weighted by atomic mass is 9.86. The van der Waals surface area contributed by atoms with Gasteiger partial charge in [-0.2, -0.15) is 5.10 Å². The van der Waals surface area contributed by atoms with Gasteiger partial charge in [-0.05, 0) is 41.6 Å². The molecule has 4 nitrogen and oxygen atoms in total. The third-order valence-corrected chi connectivity index (χ3v) is 4.85. The summed E-state index contributed by atoms with van der Waals surface area (Å²) in [6.07, 6.45) is 4.77. The number of carbonyl (C=O) groups is 1. The van der Waals surface area contributed by atoms with Gasteiger partial charge in [0.25, 0.3) is 5.91 Å². The van der Waals surface area contributed by atoms with Crippen LogP contribution in [0.3, 0.4) is 0 Å². The Morgan fingerprint density at radius 1 is 1.44 bits per heavy atom. The highest BCUT2D eigenvalue weighted by Gasteiger charge is 2.25. The third-order valence-electron chi connectivity index (χ3n) is 3.90. The van der Waals surface area contributed by atoms with Crippen LogP contribution in [-0.2, 0) is 7.05 Å². The predicted molar refractivity (Wildman–Crippen MR) is 74.5 cm³/mol. The summed E-state index contributed by atoms with van der Waals surface area (Å²) in [6.45, 7) is 4.15.